The third kappa shape index (κ3) is 5.59. The van der Waals surface area contributed by atoms with Gasteiger partial charge in [-0.1, -0.05) is 30.7 Å². The molecule has 1 atom stereocenters. The zero-order valence-electron chi connectivity index (χ0n) is 17.5. The Morgan fingerprint density at radius 2 is 1.72 bits per heavy atom. The molecule has 10 heteroatoms. The van der Waals surface area contributed by atoms with Crippen LogP contribution in [0.4, 0.5) is 18.9 Å². The lowest BCUT2D eigenvalue weighted by atomic mass is 9.91. The number of carbonyl (C=O) groups excluding carboxylic acids is 2. The Morgan fingerprint density at radius 3 is 2.28 bits per heavy atom. The van der Waals surface area contributed by atoms with E-state index in [2.05, 4.69) is 15.7 Å². The van der Waals surface area contributed by atoms with E-state index in [1.54, 1.807) is 31.2 Å². The van der Waals surface area contributed by atoms with Gasteiger partial charge >= 0.3 is 6.18 Å². The molecule has 1 aliphatic rings. The maximum absolute atomic E-state index is 12.7. The van der Waals surface area contributed by atoms with Crippen molar-refractivity contribution in [3.8, 4) is 0 Å². The molecule has 170 valence electrons. The minimum atomic E-state index is -4.45. The molecular formula is C22H22ClF3N4O2. The second-order valence-corrected chi connectivity index (χ2v) is 8.07. The summed E-state index contributed by atoms with van der Waals surface area (Å²) in [5.41, 5.74) is -0.0617. The highest BCUT2D eigenvalue weighted by molar-refractivity contribution is 6.30. The minimum absolute atomic E-state index is 0.143. The van der Waals surface area contributed by atoms with Gasteiger partial charge in [-0.15, -0.1) is 0 Å². The number of benzene rings is 2. The van der Waals surface area contributed by atoms with Crippen molar-refractivity contribution in [3.05, 3.63) is 64.7 Å². The Balaban J connectivity index is 1.75. The highest BCUT2D eigenvalue weighted by Crippen LogP contribution is 2.30. The first-order chi connectivity index (χ1) is 15.0. The molecule has 3 rings (SSSR count). The molecule has 2 aromatic carbocycles. The summed E-state index contributed by atoms with van der Waals surface area (Å²) in [6.07, 6.45) is -4.16. The van der Waals surface area contributed by atoms with E-state index in [9.17, 15) is 22.8 Å². The Labute approximate surface area is 188 Å². The van der Waals surface area contributed by atoms with E-state index in [1.165, 1.54) is 17.1 Å². The topological polar surface area (TPSA) is 73.8 Å². The minimum Gasteiger partial charge on any atom is -0.343 e. The van der Waals surface area contributed by atoms with Crippen LogP contribution in [0.15, 0.2) is 53.6 Å². The first kappa shape index (κ1) is 23.6. The van der Waals surface area contributed by atoms with E-state index < -0.39 is 23.2 Å². The average molecular weight is 467 g/mol. The monoisotopic (exact) mass is 466 g/mol. The third-order valence-corrected chi connectivity index (χ3v) is 5.19. The fourth-order valence-corrected chi connectivity index (χ4v) is 3.53. The number of hydrogen-bond donors (Lipinski definition) is 2. The third-order valence-electron chi connectivity index (χ3n) is 4.94. The number of alkyl halides is 3. The maximum atomic E-state index is 12.7. The van der Waals surface area contributed by atoms with Crippen LogP contribution in [-0.2, 0) is 15.8 Å². The van der Waals surface area contributed by atoms with Gasteiger partial charge in [0.05, 0.1) is 17.8 Å². The van der Waals surface area contributed by atoms with Gasteiger partial charge in [0.15, 0.2) is 0 Å². The largest absolute Gasteiger partial charge is 0.416 e. The van der Waals surface area contributed by atoms with Crippen molar-refractivity contribution < 1.29 is 22.8 Å². The zero-order valence-corrected chi connectivity index (χ0v) is 18.2. The molecule has 6 nitrogen and oxygen atoms in total. The van der Waals surface area contributed by atoms with Crippen LogP contribution in [-0.4, -0.2) is 41.2 Å². The number of anilines is 1. The highest BCUT2D eigenvalue weighted by atomic mass is 35.5. The van der Waals surface area contributed by atoms with Crippen LogP contribution in [0.5, 0.6) is 0 Å². The normalized spacial score (nSPS) is 18.3. The summed E-state index contributed by atoms with van der Waals surface area (Å²) in [5, 5.41) is 12.1. The molecule has 32 heavy (non-hydrogen) atoms. The molecule has 0 fully saturated rings. The standard InChI is InChI=1S/C22H22ClF3N4O2/c1-3-18(31)28-21(2)13-30(29-20(21)14-4-8-16(23)9-5-14)12-19(32)27-17-10-6-15(7-11-17)22(24,25)26/h4-11H,3,12-13H2,1-2H3,(H,27,32)(H,28,31). The van der Waals surface area contributed by atoms with E-state index in [0.29, 0.717) is 10.7 Å². The number of nitrogens with zero attached hydrogens (tertiary/aromatic N) is 2. The van der Waals surface area contributed by atoms with Gasteiger partial charge in [-0.05, 0) is 43.3 Å². The highest BCUT2D eigenvalue weighted by Gasteiger charge is 2.40. The van der Waals surface area contributed by atoms with Crippen molar-refractivity contribution >= 4 is 34.8 Å². The molecule has 0 spiro atoms. The number of rotatable bonds is 6. The SMILES string of the molecule is CCC(=O)NC1(C)CN(CC(=O)Nc2ccc(C(F)(F)F)cc2)N=C1c1ccc(Cl)cc1. The van der Waals surface area contributed by atoms with Gasteiger partial charge in [0.1, 0.15) is 12.1 Å². The Kier molecular flexibility index (Phi) is 6.78. The molecule has 0 radical (unpaired) electrons. The number of nitrogens with one attached hydrogen (secondary N) is 2. The molecular weight excluding hydrogens is 445 g/mol. The molecule has 0 bridgehead atoms. The quantitative estimate of drug-likeness (QED) is 0.666. The molecule has 2 amide bonds. The van der Waals surface area contributed by atoms with Crippen molar-refractivity contribution in [3.63, 3.8) is 0 Å². The van der Waals surface area contributed by atoms with Crippen molar-refractivity contribution in [2.45, 2.75) is 32.0 Å². The van der Waals surface area contributed by atoms with E-state index in [4.69, 9.17) is 11.6 Å². The summed E-state index contributed by atoms with van der Waals surface area (Å²) in [4.78, 5) is 24.6. The smallest absolute Gasteiger partial charge is 0.343 e. The van der Waals surface area contributed by atoms with Crippen LogP contribution in [0.25, 0.3) is 0 Å². The number of hydrazone groups is 1. The number of hydrogen-bond acceptors (Lipinski definition) is 4. The Bertz CT molecular complexity index is 1020. The van der Waals surface area contributed by atoms with E-state index in [-0.39, 0.29) is 31.1 Å². The summed E-state index contributed by atoms with van der Waals surface area (Å²) in [6, 6.07) is 11.2. The van der Waals surface area contributed by atoms with Gasteiger partial charge in [0, 0.05) is 22.7 Å². The van der Waals surface area contributed by atoms with Crippen LogP contribution in [0.2, 0.25) is 5.02 Å². The lowest BCUT2D eigenvalue weighted by Gasteiger charge is -2.28. The molecule has 2 N–H and O–H groups in total. The fraction of sp³-hybridized carbons (Fsp3) is 0.318. The number of carbonyl (C=O) groups is 2. The van der Waals surface area contributed by atoms with Gasteiger partial charge in [-0.2, -0.15) is 18.3 Å². The number of halogens is 4. The second-order valence-electron chi connectivity index (χ2n) is 7.64. The molecule has 2 aromatic rings. The van der Waals surface area contributed by atoms with Crippen LogP contribution in [0.1, 0.15) is 31.4 Å². The van der Waals surface area contributed by atoms with Gasteiger partial charge in [0.2, 0.25) is 11.8 Å². The lowest BCUT2D eigenvalue weighted by Crippen LogP contribution is -2.54. The summed E-state index contributed by atoms with van der Waals surface area (Å²) in [6.45, 7) is 3.66. The molecule has 0 aromatic heterocycles. The zero-order chi connectivity index (χ0) is 23.5. The van der Waals surface area contributed by atoms with Crippen LogP contribution >= 0.6 is 11.6 Å². The Hall–Kier alpha value is -3.07. The lowest BCUT2D eigenvalue weighted by molar-refractivity contribution is -0.137. The second kappa shape index (κ2) is 9.20. The van der Waals surface area contributed by atoms with Crippen molar-refractivity contribution in [2.24, 2.45) is 5.10 Å². The number of amides is 2. The Morgan fingerprint density at radius 1 is 1.09 bits per heavy atom. The van der Waals surface area contributed by atoms with E-state index in [1.807, 2.05) is 6.92 Å². The van der Waals surface area contributed by atoms with Gasteiger partial charge in [0.25, 0.3) is 0 Å². The van der Waals surface area contributed by atoms with Crippen molar-refractivity contribution in [2.75, 3.05) is 18.4 Å². The fourth-order valence-electron chi connectivity index (χ4n) is 3.41. The average Bonchev–Trinajstić information content (AvgIpc) is 3.03. The maximum Gasteiger partial charge on any atom is 0.416 e. The van der Waals surface area contributed by atoms with Gasteiger partial charge in [-0.25, -0.2) is 0 Å². The predicted molar refractivity (Wildman–Crippen MR) is 116 cm³/mol. The van der Waals surface area contributed by atoms with Gasteiger partial charge in [-0.3, -0.25) is 14.6 Å². The first-order valence-corrected chi connectivity index (χ1v) is 10.3. The van der Waals surface area contributed by atoms with E-state index >= 15 is 0 Å². The molecule has 0 saturated carbocycles. The molecule has 1 aliphatic heterocycles. The molecule has 0 aliphatic carbocycles. The van der Waals surface area contributed by atoms with Crippen molar-refractivity contribution in [1.82, 2.24) is 10.3 Å². The summed E-state index contributed by atoms with van der Waals surface area (Å²) >= 11 is 5.97. The predicted octanol–water partition coefficient (Wildman–Crippen LogP) is 4.30. The first-order valence-electron chi connectivity index (χ1n) is 9.88. The van der Waals surface area contributed by atoms with Crippen LogP contribution < -0.4 is 10.6 Å². The van der Waals surface area contributed by atoms with Gasteiger partial charge < -0.3 is 10.6 Å². The van der Waals surface area contributed by atoms with Crippen LogP contribution in [0.3, 0.4) is 0 Å². The van der Waals surface area contributed by atoms with E-state index in [0.717, 1.165) is 17.7 Å². The molecule has 1 unspecified atom stereocenters. The van der Waals surface area contributed by atoms with Crippen LogP contribution in [0, 0.1) is 0 Å². The summed E-state index contributed by atoms with van der Waals surface area (Å²) in [7, 11) is 0. The van der Waals surface area contributed by atoms with Crippen molar-refractivity contribution in [1.29, 1.82) is 0 Å². The molecule has 0 saturated heterocycles. The summed E-state index contributed by atoms with van der Waals surface area (Å²) < 4.78 is 38.1. The molecule has 1 heterocycles. The summed E-state index contributed by atoms with van der Waals surface area (Å²) in [5.74, 6) is -0.611.